The van der Waals surface area contributed by atoms with E-state index in [9.17, 15) is 14.4 Å². The molecule has 0 unspecified atom stereocenters. The third-order valence-corrected chi connectivity index (χ3v) is 6.12. The van der Waals surface area contributed by atoms with E-state index in [0.717, 1.165) is 25.1 Å². The summed E-state index contributed by atoms with van der Waals surface area (Å²) in [7, 11) is 0. The maximum atomic E-state index is 13.0. The number of anilines is 3. The van der Waals surface area contributed by atoms with Crippen molar-refractivity contribution in [1.29, 1.82) is 0 Å². The third-order valence-electron chi connectivity index (χ3n) is 5.88. The molecule has 164 valence electrons. The minimum absolute atomic E-state index is 0.125. The predicted molar refractivity (Wildman–Crippen MR) is 121 cm³/mol. The quantitative estimate of drug-likeness (QED) is 0.674. The number of hydrogen-bond acceptors (Lipinski definition) is 5. The topological polar surface area (TPSA) is 107 Å². The first-order valence-electron chi connectivity index (χ1n) is 10.5. The molecule has 3 heterocycles. The van der Waals surface area contributed by atoms with Gasteiger partial charge in [-0.15, -0.1) is 0 Å². The van der Waals surface area contributed by atoms with Crippen molar-refractivity contribution < 1.29 is 9.59 Å². The van der Waals surface area contributed by atoms with E-state index < -0.39 is 17.4 Å². The zero-order valence-electron chi connectivity index (χ0n) is 17.8. The maximum Gasteiger partial charge on any atom is 0.258 e. The number of nitrogens with zero attached hydrogens (tertiary/aromatic N) is 2. The summed E-state index contributed by atoms with van der Waals surface area (Å²) >= 11 is 6.04. The molecule has 3 atom stereocenters. The molecular formula is C22H26ClN5O3. The Hall–Kier alpha value is -2.87. The van der Waals surface area contributed by atoms with Crippen LogP contribution in [0.4, 0.5) is 17.5 Å². The van der Waals surface area contributed by atoms with Crippen LogP contribution in [-0.4, -0.2) is 34.9 Å². The normalized spacial score (nSPS) is 23.2. The van der Waals surface area contributed by atoms with Crippen LogP contribution in [0.3, 0.4) is 0 Å². The van der Waals surface area contributed by atoms with Crippen LogP contribution in [-0.2, 0) is 9.59 Å². The molecule has 0 spiro atoms. The minimum atomic E-state index is -0.938. The number of nitrogens with one attached hydrogen (secondary N) is 3. The molecular weight excluding hydrogens is 418 g/mol. The number of H-pyrrole nitrogens is 1. The number of aromatic nitrogens is 2. The molecule has 8 nitrogen and oxygen atoms in total. The van der Waals surface area contributed by atoms with Gasteiger partial charge in [-0.25, -0.2) is 0 Å². The molecule has 9 heteroatoms. The van der Waals surface area contributed by atoms with E-state index in [4.69, 9.17) is 11.6 Å². The summed E-state index contributed by atoms with van der Waals surface area (Å²) in [6.45, 7) is 7.73. The van der Waals surface area contributed by atoms with Crippen LogP contribution >= 0.6 is 11.6 Å². The first kappa shape index (κ1) is 21.4. The van der Waals surface area contributed by atoms with E-state index in [2.05, 4.69) is 34.4 Å². The number of aryl methyl sites for hydroxylation is 1. The van der Waals surface area contributed by atoms with Crippen molar-refractivity contribution in [3.8, 4) is 0 Å². The lowest BCUT2D eigenvalue weighted by atomic mass is 9.91. The molecule has 1 aromatic heterocycles. The third kappa shape index (κ3) is 4.44. The lowest BCUT2D eigenvalue weighted by Crippen LogP contribution is -2.42. The van der Waals surface area contributed by atoms with E-state index in [0.29, 0.717) is 28.5 Å². The number of piperidine rings is 1. The molecule has 3 N–H and O–H groups in total. The molecule has 0 aliphatic carbocycles. The lowest BCUT2D eigenvalue weighted by molar-refractivity contribution is -0.123. The van der Waals surface area contributed by atoms with Crippen LogP contribution in [0.25, 0.3) is 0 Å². The molecule has 2 aliphatic heterocycles. The zero-order chi connectivity index (χ0) is 22.3. The highest BCUT2D eigenvalue weighted by molar-refractivity contribution is 6.31. The minimum Gasteiger partial charge on any atom is -0.342 e. The molecule has 1 aromatic carbocycles. The first-order chi connectivity index (χ1) is 14.7. The summed E-state index contributed by atoms with van der Waals surface area (Å²) < 4.78 is 0. The number of carbonyl (C=O) groups excluding carboxylic acids is 2. The highest BCUT2D eigenvalue weighted by Crippen LogP contribution is 2.32. The van der Waals surface area contributed by atoms with Gasteiger partial charge in [-0.1, -0.05) is 31.5 Å². The van der Waals surface area contributed by atoms with Gasteiger partial charge in [0.25, 0.3) is 5.56 Å². The Bertz CT molecular complexity index is 1090. The molecule has 1 fully saturated rings. The molecule has 2 amide bonds. The van der Waals surface area contributed by atoms with Crippen molar-refractivity contribution in [2.45, 2.75) is 39.5 Å². The molecule has 2 aromatic rings. The SMILES string of the molecule is Cc1ccc(Cl)cc1NC(=O)[C@H]1CC(=O)Nc2nc(N3C[C@H](C)C[C@@H](C)C3)[nH]c(=O)c21. The second kappa shape index (κ2) is 8.34. The first-order valence-corrected chi connectivity index (χ1v) is 10.8. The summed E-state index contributed by atoms with van der Waals surface area (Å²) in [4.78, 5) is 47.8. The van der Waals surface area contributed by atoms with Crippen molar-refractivity contribution in [2.75, 3.05) is 28.6 Å². The molecule has 31 heavy (non-hydrogen) atoms. The number of halogens is 1. The number of hydrogen-bond donors (Lipinski definition) is 3. The Balaban J connectivity index is 1.66. The summed E-state index contributed by atoms with van der Waals surface area (Å²) in [5.74, 6) is -0.204. The molecule has 1 saturated heterocycles. The van der Waals surface area contributed by atoms with Gasteiger partial charge in [0.05, 0.1) is 11.5 Å². The fraction of sp³-hybridized carbons (Fsp3) is 0.455. The van der Waals surface area contributed by atoms with Crippen LogP contribution in [0, 0.1) is 18.8 Å². The van der Waals surface area contributed by atoms with Gasteiger partial charge in [-0.2, -0.15) is 4.98 Å². The number of carbonyl (C=O) groups is 2. The van der Waals surface area contributed by atoms with E-state index in [1.54, 1.807) is 18.2 Å². The van der Waals surface area contributed by atoms with Gasteiger partial charge >= 0.3 is 0 Å². The van der Waals surface area contributed by atoms with Gasteiger partial charge in [0, 0.05) is 30.2 Å². The fourth-order valence-corrected chi connectivity index (χ4v) is 4.69. The number of benzene rings is 1. The van der Waals surface area contributed by atoms with Crippen LogP contribution in [0.5, 0.6) is 0 Å². The Morgan fingerprint density at radius 2 is 1.94 bits per heavy atom. The largest absolute Gasteiger partial charge is 0.342 e. The second-order valence-electron chi connectivity index (χ2n) is 8.76. The average molecular weight is 444 g/mol. The van der Waals surface area contributed by atoms with Crippen molar-refractivity contribution in [1.82, 2.24) is 9.97 Å². The van der Waals surface area contributed by atoms with Crippen molar-refractivity contribution >= 4 is 40.9 Å². The van der Waals surface area contributed by atoms with Crippen LogP contribution in [0.1, 0.15) is 43.7 Å². The highest BCUT2D eigenvalue weighted by atomic mass is 35.5. The number of amides is 2. The van der Waals surface area contributed by atoms with Crippen LogP contribution in [0.2, 0.25) is 5.02 Å². The van der Waals surface area contributed by atoms with Gasteiger partial charge in [-0.3, -0.25) is 19.4 Å². The number of rotatable bonds is 3. The fourth-order valence-electron chi connectivity index (χ4n) is 4.52. The summed E-state index contributed by atoms with van der Waals surface area (Å²) in [5, 5.41) is 5.96. The highest BCUT2D eigenvalue weighted by Gasteiger charge is 2.35. The standard InChI is InChI=1S/C22H26ClN5O3/c1-11-6-12(2)10-28(9-11)22-26-19-18(21(31)27-22)15(8-17(29)25-19)20(30)24-16-7-14(23)5-4-13(16)3/h4-5,7,11-12,15H,6,8-10H2,1-3H3,(H,24,30)(H2,25,26,27,29,31)/t11-,12-,15+/m1/s1. The Labute approximate surface area is 185 Å². The van der Waals surface area contributed by atoms with Gasteiger partial charge in [0.1, 0.15) is 5.82 Å². The zero-order valence-corrected chi connectivity index (χ0v) is 18.5. The Kier molecular flexibility index (Phi) is 5.75. The van der Waals surface area contributed by atoms with Crippen LogP contribution in [0.15, 0.2) is 23.0 Å². The summed E-state index contributed by atoms with van der Waals surface area (Å²) in [5.41, 5.74) is 1.14. The van der Waals surface area contributed by atoms with E-state index in [1.165, 1.54) is 0 Å². The van der Waals surface area contributed by atoms with Crippen molar-refractivity contribution in [3.63, 3.8) is 0 Å². The monoisotopic (exact) mass is 443 g/mol. The predicted octanol–water partition coefficient (Wildman–Crippen LogP) is 3.28. The molecule has 0 saturated carbocycles. The Morgan fingerprint density at radius 3 is 2.65 bits per heavy atom. The maximum absolute atomic E-state index is 13.0. The van der Waals surface area contributed by atoms with Crippen molar-refractivity contribution in [3.05, 3.63) is 44.7 Å². The van der Waals surface area contributed by atoms with Gasteiger partial charge in [0.2, 0.25) is 17.8 Å². The smallest absolute Gasteiger partial charge is 0.258 e. The van der Waals surface area contributed by atoms with E-state index >= 15 is 0 Å². The van der Waals surface area contributed by atoms with Gasteiger partial charge < -0.3 is 15.5 Å². The molecule has 0 radical (unpaired) electrons. The summed E-state index contributed by atoms with van der Waals surface area (Å²) in [6, 6.07) is 5.16. The van der Waals surface area contributed by atoms with Gasteiger partial charge in [-0.05, 0) is 42.9 Å². The Morgan fingerprint density at radius 1 is 1.23 bits per heavy atom. The van der Waals surface area contributed by atoms with Crippen LogP contribution < -0.4 is 21.1 Å². The average Bonchev–Trinajstić information content (AvgIpc) is 2.69. The summed E-state index contributed by atoms with van der Waals surface area (Å²) in [6.07, 6.45) is 0.994. The molecule has 0 bridgehead atoms. The van der Waals surface area contributed by atoms with E-state index in [1.807, 2.05) is 11.8 Å². The number of aromatic amines is 1. The number of fused-ring (bicyclic) bond motifs is 1. The van der Waals surface area contributed by atoms with Crippen molar-refractivity contribution in [2.24, 2.45) is 11.8 Å². The lowest BCUT2D eigenvalue weighted by Gasteiger charge is -2.35. The molecule has 4 rings (SSSR count). The van der Waals surface area contributed by atoms with Gasteiger partial charge in [0.15, 0.2) is 0 Å². The molecule has 2 aliphatic rings. The van der Waals surface area contributed by atoms with E-state index in [-0.39, 0.29) is 23.7 Å². The second-order valence-corrected chi connectivity index (χ2v) is 9.19.